The van der Waals surface area contributed by atoms with Crippen LogP contribution in [-0.4, -0.2) is 16.9 Å². The van der Waals surface area contributed by atoms with E-state index in [-0.39, 0.29) is 27.6 Å². The molecule has 4 N–H and O–H groups in total. The number of carbonyl (C=O) groups excluding carboxylic acids is 2. The van der Waals surface area contributed by atoms with Gasteiger partial charge in [-0.1, -0.05) is 30.5 Å². The maximum absolute atomic E-state index is 13.9. The molecule has 0 saturated heterocycles. The highest BCUT2D eigenvalue weighted by Crippen LogP contribution is 2.29. The molecule has 0 saturated carbocycles. The van der Waals surface area contributed by atoms with Crippen LogP contribution in [0, 0.1) is 5.82 Å². The minimum absolute atomic E-state index is 0.0215. The van der Waals surface area contributed by atoms with Gasteiger partial charge in [-0.25, -0.2) is 18.5 Å². The third-order valence-electron chi connectivity index (χ3n) is 3.88. The lowest BCUT2D eigenvalue weighted by atomic mass is 10.1. The van der Waals surface area contributed by atoms with E-state index >= 15 is 0 Å². The fourth-order valence-corrected chi connectivity index (χ4v) is 3.06. The Balaban J connectivity index is 1.80. The molecule has 3 amide bonds. The van der Waals surface area contributed by atoms with Crippen LogP contribution >= 0.6 is 40.3 Å². The number of thiol groups is 1. The number of nitrogens with zero attached hydrogens (tertiary/aromatic N) is 2. The topological polar surface area (TPSA) is 100 Å². The van der Waals surface area contributed by atoms with Crippen LogP contribution in [0.4, 0.5) is 32.1 Å². The van der Waals surface area contributed by atoms with Gasteiger partial charge in [0.1, 0.15) is 11.6 Å². The monoisotopic (exact) mass is 509 g/mol. The number of pyridine rings is 1. The van der Waals surface area contributed by atoms with Gasteiger partial charge in [-0.2, -0.15) is 0 Å². The first kappa shape index (κ1) is 21.9. The van der Waals surface area contributed by atoms with Crippen LogP contribution in [0.5, 0.6) is 0 Å². The van der Waals surface area contributed by atoms with E-state index in [4.69, 9.17) is 17.3 Å². The van der Waals surface area contributed by atoms with Gasteiger partial charge in [-0.05, 0) is 58.4 Å². The molecule has 2 aromatic carbocycles. The van der Waals surface area contributed by atoms with Crippen LogP contribution in [-0.2, 0) is 0 Å². The summed E-state index contributed by atoms with van der Waals surface area (Å²) >= 11 is 13.3. The number of rotatable bonds is 4. The van der Waals surface area contributed by atoms with Gasteiger partial charge in [-0.3, -0.25) is 4.79 Å². The largest absolute Gasteiger partial charge is 0.397 e. The Labute approximate surface area is 190 Å². The molecule has 0 unspecified atom stereocenters. The number of hydrogen-bond donors (Lipinski definition) is 4. The molecule has 1 heterocycles. The van der Waals surface area contributed by atoms with Gasteiger partial charge in [0.2, 0.25) is 0 Å². The second-order valence-electron chi connectivity index (χ2n) is 5.93. The number of urea groups is 1. The molecule has 3 rings (SSSR count). The lowest BCUT2D eigenvalue weighted by molar-refractivity contribution is 0.102. The molecule has 11 heteroatoms. The zero-order valence-electron chi connectivity index (χ0n) is 15.1. The van der Waals surface area contributed by atoms with Gasteiger partial charge in [0.25, 0.3) is 5.91 Å². The first-order chi connectivity index (χ1) is 14.3. The first-order valence-corrected chi connectivity index (χ1v) is 9.90. The molecule has 1 aromatic heterocycles. The second-order valence-corrected chi connectivity index (χ2v) is 7.65. The van der Waals surface area contributed by atoms with E-state index in [1.165, 1.54) is 36.5 Å². The Morgan fingerprint density at radius 3 is 2.60 bits per heavy atom. The maximum Gasteiger partial charge on any atom is 0.336 e. The minimum Gasteiger partial charge on any atom is -0.397 e. The van der Waals surface area contributed by atoms with Crippen molar-refractivity contribution in [1.29, 1.82) is 0 Å². The Hall–Kier alpha value is -2.82. The summed E-state index contributed by atoms with van der Waals surface area (Å²) in [6.45, 7) is 0. The third kappa shape index (κ3) is 5.02. The van der Waals surface area contributed by atoms with Crippen molar-refractivity contribution in [2.45, 2.75) is 0 Å². The zero-order chi connectivity index (χ0) is 21.8. The van der Waals surface area contributed by atoms with Crippen molar-refractivity contribution in [3.63, 3.8) is 0 Å². The average Bonchev–Trinajstić information content (AvgIpc) is 2.72. The van der Waals surface area contributed by atoms with E-state index in [9.17, 15) is 14.0 Å². The van der Waals surface area contributed by atoms with Gasteiger partial charge in [-0.15, -0.1) is 0 Å². The van der Waals surface area contributed by atoms with E-state index in [1.807, 2.05) is 0 Å². The van der Waals surface area contributed by atoms with E-state index in [1.54, 1.807) is 12.1 Å². The molecule has 3 aromatic rings. The number of hydrogen-bond acceptors (Lipinski definition) is 5. The predicted octanol–water partition coefficient (Wildman–Crippen LogP) is 5.35. The smallest absolute Gasteiger partial charge is 0.336 e. The molecule has 30 heavy (non-hydrogen) atoms. The third-order valence-corrected chi connectivity index (χ3v) is 5.06. The summed E-state index contributed by atoms with van der Waals surface area (Å²) in [7, 11) is 0. The van der Waals surface area contributed by atoms with Crippen molar-refractivity contribution in [3.05, 3.63) is 75.6 Å². The second kappa shape index (κ2) is 9.33. The Morgan fingerprint density at radius 2 is 1.93 bits per heavy atom. The zero-order valence-corrected chi connectivity index (χ0v) is 18.3. The minimum atomic E-state index is -0.816. The summed E-state index contributed by atoms with van der Waals surface area (Å²) in [5.41, 5.74) is 6.25. The van der Waals surface area contributed by atoms with Crippen LogP contribution in [0.15, 0.2) is 59.2 Å². The molecular formula is C19H14BrClFN5O2S. The Kier molecular flexibility index (Phi) is 6.80. The fraction of sp³-hybridized carbons (Fsp3) is 0. The number of carbonyl (C=O) groups is 2. The molecule has 0 bridgehead atoms. The van der Waals surface area contributed by atoms with Gasteiger partial charge in [0.05, 0.1) is 22.1 Å². The molecule has 0 aliphatic carbocycles. The number of para-hydroxylation sites is 1. The molecule has 154 valence electrons. The van der Waals surface area contributed by atoms with Gasteiger partial charge >= 0.3 is 6.03 Å². The first-order valence-electron chi connectivity index (χ1n) is 8.32. The quantitative estimate of drug-likeness (QED) is 0.281. The lowest BCUT2D eigenvalue weighted by Gasteiger charge is -2.19. The van der Waals surface area contributed by atoms with Crippen LogP contribution in [0.1, 0.15) is 10.4 Å². The molecular weight excluding hydrogens is 497 g/mol. The van der Waals surface area contributed by atoms with E-state index in [2.05, 4.69) is 44.4 Å². The fourth-order valence-electron chi connectivity index (χ4n) is 2.39. The van der Waals surface area contributed by atoms with Crippen LogP contribution < -0.4 is 20.7 Å². The molecule has 7 nitrogen and oxygen atoms in total. The van der Waals surface area contributed by atoms with Gasteiger partial charge < -0.3 is 16.4 Å². The van der Waals surface area contributed by atoms with Crippen molar-refractivity contribution in [3.8, 4) is 0 Å². The van der Waals surface area contributed by atoms with Gasteiger partial charge in [0, 0.05) is 16.2 Å². The maximum atomic E-state index is 13.9. The number of benzene rings is 2. The summed E-state index contributed by atoms with van der Waals surface area (Å²) in [5, 5.41) is 4.98. The predicted molar refractivity (Wildman–Crippen MR) is 123 cm³/mol. The Morgan fingerprint density at radius 1 is 1.17 bits per heavy atom. The number of nitrogen functional groups attached to an aromatic ring is 1. The number of amides is 3. The normalized spacial score (nSPS) is 10.4. The molecule has 0 aliphatic heterocycles. The van der Waals surface area contributed by atoms with Crippen LogP contribution in [0.3, 0.4) is 0 Å². The van der Waals surface area contributed by atoms with Crippen molar-refractivity contribution < 1.29 is 14.0 Å². The van der Waals surface area contributed by atoms with Crippen molar-refractivity contribution in [1.82, 2.24) is 4.98 Å². The van der Waals surface area contributed by atoms with Gasteiger partial charge in [0.15, 0.2) is 0 Å². The van der Waals surface area contributed by atoms with E-state index in [0.717, 1.165) is 14.8 Å². The van der Waals surface area contributed by atoms with E-state index < -0.39 is 17.8 Å². The van der Waals surface area contributed by atoms with Crippen LogP contribution in [0.25, 0.3) is 0 Å². The number of aromatic nitrogens is 1. The average molecular weight is 511 g/mol. The summed E-state index contributed by atoms with van der Waals surface area (Å²) in [5.74, 6) is -0.831. The number of anilines is 4. The lowest BCUT2D eigenvalue weighted by Crippen LogP contribution is -2.28. The SMILES string of the molecule is Nc1ccc(C(=O)Nc2ccc(Br)cn2)cc1N(S)C(=O)Nc1c(F)cccc1Cl. The van der Waals surface area contributed by atoms with Crippen molar-refractivity contribution >= 4 is 75.2 Å². The molecule has 0 aliphatic rings. The summed E-state index contributed by atoms with van der Waals surface area (Å²) in [4.78, 5) is 29.1. The van der Waals surface area contributed by atoms with E-state index in [0.29, 0.717) is 5.82 Å². The van der Waals surface area contributed by atoms with Crippen LogP contribution in [0.2, 0.25) is 5.02 Å². The standard InChI is InChI=1S/C19H14BrClFN5O2S/c20-11-5-7-16(24-9-11)25-18(28)10-4-6-14(23)15(8-10)27(30)19(29)26-17-12(21)2-1-3-13(17)22/h1-9,30H,23H2,(H,26,29)(H,24,25,28). The van der Waals surface area contributed by atoms with Crippen molar-refractivity contribution in [2.24, 2.45) is 0 Å². The summed E-state index contributed by atoms with van der Waals surface area (Å²) in [6, 6.07) is 10.8. The number of nitrogens with one attached hydrogen (secondary N) is 2. The highest BCUT2D eigenvalue weighted by atomic mass is 79.9. The molecule has 0 spiro atoms. The summed E-state index contributed by atoms with van der Waals surface area (Å²) in [6.07, 6.45) is 1.54. The van der Waals surface area contributed by atoms with Crippen molar-refractivity contribution in [2.75, 3.05) is 20.7 Å². The number of halogens is 3. The molecule has 0 fully saturated rings. The Bertz CT molecular complexity index is 1100. The number of nitrogens with two attached hydrogens (primary N) is 1. The molecule has 0 radical (unpaired) electrons. The highest BCUT2D eigenvalue weighted by molar-refractivity contribution is 9.10. The summed E-state index contributed by atoms with van der Waals surface area (Å²) < 4.78 is 15.5. The molecule has 0 atom stereocenters. The highest BCUT2D eigenvalue weighted by Gasteiger charge is 2.20.